The molecule has 22 heavy (non-hydrogen) atoms. The van der Waals surface area contributed by atoms with Gasteiger partial charge in [-0.3, -0.25) is 9.98 Å². The number of halogens is 1. The molecule has 0 amide bonds. The Kier molecular flexibility index (Phi) is 4.20. The van der Waals surface area contributed by atoms with Gasteiger partial charge in [-0.15, -0.1) is 0 Å². The van der Waals surface area contributed by atoms with Gasteiger partial charge in [0.2, 0.25) is 0 Å². The Morgan fingerprint density at radius 2 is 1.23 bits per heavy atom. The van der Waals surface area contributed by atoms with Crippen LogP contribution in [0.2, 0.25) is 0 Å². The molecule has 0 spiro atoms. The van der Waals surface area contributed by atoms with Crippen LogP contribution in [0.1, 0.15) is 11.5 Å². The molecule has 0 aliphatic heterocycles. The molecule has 1 heterocycles. The molecule has 0 saturated heterocycles. The summed E-state index contributed by atoms with van der Waals surface area (Å²) in [5, 5.41) is 0. The van der Waals surface area contributed by atoms with Gasteiger partial charge < -0.3 is 4.42 Å². The van der Waals surface area contributed by atoms with E-state index in [1.165, 1.54) is 12.1 Å². The molecule has 108 valence electrons. The van der Waals surface area contributed by atoms with Crippen LogP contribution in [0, 0.1) is 5.82 Å². The zero-order chi connectivity index (χ0) is 15.2. The van der Waals surface area contributed by atoms with E-state index in [-0.39, 0.29) is 5.82 Å². The van der Waals surface area contributed by atoms with E-state index >= 15 is 0 Å². The molecule has 3 rings (SSSR count). The zero-order valence-corrected chi connectivity index (χ0v) is 11.7. The van der Waals surface area contributed by atoms with Gasteiger partial charge in [0.05, 0.1) is 23.8 Å². The first kappa shape index (κ1) is 13.9. The maximum absolute atomic E-state index is 12.8. The molecule has 0 radical (unpaired) electrons. The molecule has 0 fully saturated rings. The lowest BCUT2D eigenvalue weighted by atomic mass is 10.3. The minimum atomic E-state index is -0.281. The highest BCUT2D eigenvalue weighted by Gasteiger charge is 1.97. The SMILES string of the molecule is Fc1ccc(N=Cc2ccc(C=Nc3ccccc3)o2)cc1. The van der Waals surface area contributed by atoms with Gasteiger partial charge in [-0.05, 0) is 48.5 Å². The summed E-state index contributed by atoms with van der Waals surface area (Å²) < 4.78 is 18.4. The average Bonchev–Trinajstić information content (AvgIpc) is 3.01. The average molecular weight is 292 g/mol. The van der Waals surface area contributed by atoms with E-state index in [4.69, 9.17) is 4.42 Å². The van der Waals surface area contributed by atoms with Crippen LogP contribution in [-0.4, -0.2) is 12.4 Å². The summed E-state index contributed by atoms with van der Waals surface area (Å²) in [7, 11) is 0. The number of hydrogen-bond donors (Lipinski definition) is 0. The smallest absolute Gasteiger partial charge is 0.145 e. The van der Waals surface area contributed by atoms with Crippen LogP contribution in [0.3, 0.4) is 0 Å². The van der Waals surface area contributed by atoms with Crippen molar-refractivity contribution in [3.63, 3.8) is 0 Å². The normalized spacial score (nSPS) is 11.5. The number of rotatable bonds is 4. The van der Waals surface area contributed by atoms with E-state index in [2.05, 4.69) is 9.98 Å². The van der Waals surface area contributed by atoms with Crippen molar-refractivity contribution in [2.24, 2.45) is 9.98 Å². The fourth-order valence-electron chi connectivity index (χ4n) is 1.82. The molecule has 0 saturated carbocycles. The van der Waals surface area contributed by atoms with Crippen molar-refractivity contribution in [2.75, 3.05) is 0 Å². The Labute approximate surface area is 127 Å². The van der Waals surface area contributed by atoms with Gasteiger partial charge in [-0.25, -0.2) is 4.39 Å². The third kappa shape index (κ3) is 3.76. The predicted molar refractivity (Wildman–Crippen MR) is 86.1 cm³/mol. The van der Waals surface area contributed by atoms with E-state index in [1.54, 1.807) is 30.6 Å². The lowest BCUT2D eigenvalue weighted by molar-refractivity contribution is 0.553. The van der Waals surface area contributed by atoms with Crippen molar-refractivity contribution >= 4 is 23.8 Å². The van der Waals surface area contributed by atoms with Gasteiger partial charge in [0, 0.05) is 0 Å². The molecular weight excluding hydrogens is 279 g/mol. The van der Waals surface area contributed by atoms with Crippen LogP contribution in [0.4, 0.5) is 15.8 Å². The number of benzene rings is 2. The molecule has 0 atom stereocenters. The molecule has 0 bridgehead atoms. The molecule has 2 aromatic carbocycles. The highest BCUT2D eigenvalue weighted by Crippen LogP contribution is 2.14. The summed E-state index contributed by atoms with van der Waals surface area (Å²) in [6.07, 6.45) is 3.25. The summed E-state index contributed by atoms with van der Waals surface area (Å²) >= 11 is 0. The van der Waals surface area contributed by atoms with Crippen molar-refractivity contribution in [3.05, 3.63) is 84.1 Å². The van der Waals surface area contributed by atoms with Crippen molar-refractivity contribution in [1.29, 1.82) is 0 Å². The molecular formula is C18H13FN2O. The summed E-state index contributed by atoms with van der Waals surface area (Å²) in [6.45, 7) is 0. The molecule has 3 aromatic rings. The summed E-state index contributed by atoms with van der Waals surface area (Å²) in [5.41, 5.74) is 1.53. The van der Waals surface area contributed by atoms with Gasteiger partial charge in [-0.1, -0.05) is 18.2 Å². The Bertz CT molecular complexity index is 789. The van der Waals surface area contributed by atoms with E-state index < -0.39 is 0 Å². The lowest BCUT2D eigenvalue weighted by Gasteiger charge is -1.92. The molecule has 0 N–H and O–H groups in total. The second-order valence-electron chi connectivity index (χ2n) is 4.57. The summed E-state index contributed by atoms with van der Waals surface area (Å²) in [4.78, 5) is 8.53. The number of furan rings is 1. The topological polar surface area (TPSA) is 37.9 Å². The largest absolute Gasteiger partial charge is 0.454 e. The van der Waals surface area contributed by atoms with E-state index in [0.717, 1.165) is 5.69 Å². The van der Waals surface area contributed by atoms with Gasteiger partial charge in [0.25, 0.3) is 0 Å². The molecule has 0 aliphatic rings. The minimum Gasteiger partial charge on any atom is -0.454 e. The standard InChI is InChI=1S/C18H13FN2O/c19-14-6-8-16(9-7-14)21-13-18-11-10-17(22-18)12-20-15-4-2-1-3-5-15/h1-13H. The van der Waals surface area contributed by atoms with Crippen molar-refractivity contribution < 1.29 is 8.81 Å². The number of para-hydroxylation sites is 1. The van der Waals surface area contributed by atoms with Gasteiger partial charge >= 0.3 is 0 Å². The molecule has 0 aliphatic carbocycles. The van der Waals surface area contributed by atoms with Crippen LogP contribution in [-0.2, 0) is 0 Å². The fraction of sp³-hybridized carbons (Fsp3) is 0. The van der Waals surface area contributed by atoms with Crippen LogP contribution in [0.5, 0.6) is 0 Å². The quantitative estimate of drug-likeness (QED) is 0.629. The van der Waals surface area contributed by atoms with Gasteiger partial charge in [0.15, 0.2) is 0 Å². The molecule has 3 nitrogen and oxygen atoms in total. The maximum atomic E-state index is 12.8. The maximum Gasteiger partial charge on any atom is 0.145 e. The lowest BCUT2D eigenvalue weighted by Crippen LogP contribution is -1.77. The Balaban J connectivity index is 1.68. The first-order valence-corrected chi connectivity index (χ1v) is 6.78. The second kappa shape index (κ2) is 6.63. The fourth-order valence-corrected chi connectivity index (χ4v) is 1.82. The number of aliphatic imine (C=N–C) groups is 2. The third-order valence-corrected chi connectivity index (χ3v) is 2.91. The molecule has 0 unspecified atom stereocenters. The Morgan fingerprint density at radius 3 is 1.82 bits per heavy atom. The van der Waals surface area contributed by atoms with Crippen molar-refractivity contribution in [1.82, 2.24) is 0 Å². The van der Waals surface area contributed by atoms with Gasteiger partial charge in [-0.2, -0.15) is 0 Å². The molecule has 1 aromatic heterocycles. The highest BCUT2D eigenvalue weighted by molar-refractivity contribution is 5.83. The van der Waals surface area contributed by atoms with Crippen LogP contribution >= 0.6 is 0 Å². The van der Waals surface area contributed by atoms with E-state index in [9.17, 15) is 4.39 Å². The zero-order valence-electron chi connectivity index (χ0n) is 11.7. The van der Waals surface area contributed by atoms with E-state index in [0.29, 0.717) is 17.2 Å². The first-order chi connectivity index (χ1) is 10.8. The Morgan fingerprint density at radius 1 is 0.682 bits per heavy atom. The summed E-state index contributed by atoms with van der Waals surface area (Å²) in [6, 6.07) is 19.2. The van der Waals surface area contributed by atoms with E-state index in [1.807, 2.05) is 36.4 Å². The Hall–Kier alpha value is -3.01. The highest BCUT2D eigenvalue weighted by atomic mass is 19.1. The van der Waals surface area contributed by atoms with Crippen LogP contribution < -0.4 is 0 Å². The first-order valence-electron chi connectivity index (χ1n) is 6.78. The van der Waals surface area contributed by atoms with Crippen molar-refractivity contribution in [2.45, 2.75) is 0 Å². The number of hydrogen-bond acceptors (Lipinski definition) is 3. The predicted octanol–water partition coefficient (Wildman–Crippen LogP) is 4.92. The molecule has 4 heteroatoms. The van der Waals surface area contributed by atoms with Gasteiger partial charge in [0.1, 0.15) is 17.3 Å². The monoisotopic (exact) mass is 292 g/mol. The van der Waals surface area contributed by atoms with Crippen LogP contribution in [0.25, 0.3) is 0 Å². The second-order valence-corrected chi connectivity index (χ2v) is 4.57. The minimum absolute atomic E-state index is 0.281. The third-order valence-electron chi connectivity index (χ3n) is 2.91. The number of nitrogens with zero attached hydrogens (tertiary/aromatic N) is 2. The summed E-state index contributed by atoms with van der Waals surface area (Å²) in [5.74, 6) is 0.972. The van der Waals surface area contributed by atoms with Crippen LogP contribution in [0.15, 0.2) is 81.1 Å². The van der Waals surface area contributed by atoms with Crippen molar-refractivity contribution in [3.8, 4) is 0 Å².